The van der Waals surface area contributed by atoms with Gasteiger partial charge in [0.15, 0.2) is 0 Å². The molecule has 0 saturated heterocycles. The molecule has 0 saturated carbocycles. The van der Waals surface area contributed by atoms with E-state index in [1.54, 1.807) is 0 Å². The van der Waals surface area contributed by atoms with Crippen LogP contribution in [-0.4, -0.2) is 27.9 Å². The van der Waals surface area contributed by atoms with E-state index in [0.717, 1.165) is 12.1 Å². The van der Waals surface area contributed by atoms with Crippen LogP contribution in [0.25, 0.3) is 10.8 Å². The van der Waals surface area contributed by atoms with Gasteiger partial charge in [0.1, 0.15) is 11.5 Å². The fourth-order valence-corrected chi connectivity index (χ4v) is 5.86. The first kappa shape index (κ1) is 31.2. The van der Waals surface area contributed by atoms with Gasteiger partial charge in [0.25, 0.3) is 0 Å². The number of benzene rings is 4. The molecule has 0 aliphatic carbocycles. The number of halogens is 8. The van der Waals surface area contributed by atoms with E-state index in [-0.39, 0.29) is 31.9 Å². The van der Waals surface area contributed by atoms with E-state index in [9.17, 15) is 43.2 Å². The Bertz CT molecular complexity index is 1800. The first-order chi connectivity index (χ1) is 19.9. The molecule has 5 rings (SSSR count). The van der Waals surface area contributed by atoms with E-state index in [1.807, 2.05) is 0 Å². The third kappa shape index (κ3) is 5.83. The smallest absolute Gasteiger partial charge is 0.376 e. The highest BCUT2D eigenvalue weighted by Gasteiger charge is 2.51. The van der Waals surface area contributed by atoms with E-state index < -0.39 is 54.8 Å². The predicted molar refractivity (Wildman–Crippen MR) is 145 cm³/mol. The van der Waals surface area contributed by atoms with Crippen molar-refractivity contribution in [2.45, 2.75) is 23.1 Å². The molecule has 0 radical (unpaired) electrons. The summed E-state index contributed by atoms with van der Waals surface area (Å²) in [5.74, 6) is -1.63. The molecule has 228 valence electrons. The maximum absolute atomic E-state index is 13.4. The van der Waals surface area contributed by atoms with Gasteiger partial charge in [-0.3, -0.25) is 5.32 Å². The zero-order valence-corrected chi connectivity index (χ0v) is 24.0. The summed E-state index contributed by atoms with van der Waals surface area (Å²) < 4.78 is 138. The van der Waals surface area contributed by atoms with E-state index >= 15 is 0 Å². The Morgan fingerprint density at radius 2 is 0.930 bits per heavy atom. The zero-order valence-electron chi connectivity index (χ0n) is 20.9. The van der Waals surface area contributed by atoms with Crippen LogP contribution < -0.4 is 13.7 Å². The molecule has 1 N–H and O–H groups in total. The minimum Gasteiger partial charge on any atom is -0.376 e. The van der Waals surface area contributed by atoms with Crippen molar-refractivity contribution in [2.24, 2.45) is 0 Å². The van der Waals surface area contributed by atoms with Gasteiger partial charge in [-0.1, -0.05) is 59.6 Å². The van der Waals surface area contributed by atoms with Crippen LogP contribution >= 0.6 is 23.2 Å². The van der Waals surface area contributed by atoms with Gasteiger partial charge in [-0.15, -0.1) is 0 Å². The van der Waals surface area contributed by atoms with Crippen LogP contribution in [0, 0.1) is 0 Å². The first-order valence-electron chi connectivity index (χ1n) is 11.8. The van der Waals surface area contributed by atoms with Crippen molar-refractivity contribution in [1.82, 2.24) is 5.32 Å². The fourth-order valence-electron chi connectivity index (χ4n) is 4.65. The largest absolute Gasteiger partial charge is 0.534 e. The predicted octanol–water partition coefficient (Wildman–Crippen LogP) is 7.39. The summed E-state index contributed by atoms with van der Waals surface area (Å²) in [6.45, 7) is 0. The highest BCUT2D eigenvalue weighted by Crippen LogP contribution is 2.50. The van der Waals surface area contributed by atoms with Crippen molar-refractivity contribution in [2.75, 3.05) is 0 Å². The summed E-state index contributed by atoms with van der Waals surface area (Å²) in [5, 5.41) is 3.73. The van der Waals surface area contributed by atoms with Crippen molar-refractivity contribution in [1.29, 1.82) is 0 Å². The van der Waals surface area contributed by atoms with E-state index in [0.29, 0.717) is 11.1 Å². The van der Waals surface area contributed by atoms with Gasteiger partial charge < -0.3 is 8.37 Å². The van der Waals surface area contributed by atoms with E-state index in [4.69, 9.17) is 23.2 Å². The topological polar surface area (TPSA) is 98.8 Å². The van der Waals surface area contributed by atoms with Crippen LogP contribution in [-0.2, 0) is 20.2 Å². The quantitative estimate of drug-likeness (QED) is 0.128. The second kappa shape index (κ2) is 10.7. The highest BCUT2D eigenvalue weighted by molar-refractivity contribution is 7.88. The number of nitrogens with one attached hydrogen (secondary N) is 1. The van der Waals surface area contributed by atoms with Gasteiger partial charge >= 0.3 is 31.3 Å². The fraction of sp³-hybridized carbons (Fsp3) is 0.154. The van der Waals surface area contributed by atoms with Crippen molar-refractivity contribution in [3.8, 4) is 11.5 Å². The minimum atomic E-state index is -6.22. The summed E-state index contributed by atoms with van der Waals surface area (Å²) in [7, 11) is -12.4. The molecular weight excluding hydrogens is 671 g/mol. The summed E-state index contributed by atoms with van der Waals surface area (Å²) >= 11 is 12.0. The lowest BCUT2D eigenvalue weighted by atomic mass is 9.81. The lowest BCUT2D eigenvalue weighted by Gasteiger charge is -2.36. The maximum Gasteiger partial charge on any atom is 0.534 e. The average Bonchev–Trinajstić information content (AvgIpc) is 2.90. The normalized spacial score (nSPS) is 17.6. The van der Waals surface area contributed by atoms with E-state index in [2.05, 4.69) is 13.7 Å². The second-order valence-corrected chi connectivity index (χ2v) is 13.1. The van der Waals surface area contributed by atoms with Gasteiger partial charge in [0, 0.05) is 21.2 Å². The summed E-state index contributed by atoms with van der Waals surface area (Å²) in [6.07, 6.45) is 0. The standard InChI is InChI=1S/C26H15Cl2F6NO6S2/c27-16-7-1-14(2-8-16)23-21-18(40-42(36,37)25(29,30)31)11-5-13-6-12-19(41-43(38,39)26(32,33)34)22(20(13)21)24(35-23)15-3-9-17(28)10-4-15/h1-12,23-24,35H/t23-,24?/m0/s1. The molecule has 1 aliphatic rings. The van der Waals surface area contributed by atoms with Gasteiger partial charge in [0.2, 0.25) is 0 Å². The molecule has 43 heavy (non-hydrogen) atoms. The molecule has 1 aliphatic heterocycles. The average molecular weight is 686 g/mol. The lowest BCUT2D eigenvalue weighted by Crippen LogP contribution is -2.35. The Labute approximate surface area is 250 Å². The molecule has 1 unspecified atom stereocenters. The molecule has 4 aromatic rings. The highest BCUT2D eigenvalue weighted by atomic mass is 35.5. The Balaban J connectivity index is 1.88. The summed E-state index contributed by atoms with van der Waals surface area (Å²) in [4.78, 5) is 0. The van der Waals surface area contributed by atoms with Crippen LogP contribution in [0.15, 0.2) is 72.8 Å². The molecule has 0 fully saturated rings. The Kier molecular flexibility index (Phi) is 7.79. The molecule has 0 bridgehead atoms. The van der Waals surface area contributed by atoms with Crippen LogP contribution in [0.4, 0.5) is 26.3 Å². The van der Waals surface area contributed by atoms with Crippen LogP contribution in [0.3, 0.4) is 0 Å². The third-order valence-electron chi connectivity index (χ3n) is 6.47. The van der Waals surface area contributed by atoms with Crippen LogP contribution in [0.2, 0.25) is 10.0 Å². The first-order valence-corrected chi connectivity index (χ1v) is 15.3. The Hall–Kier alpha value is -3.24. The maximum atomic E-state index is 13.4. The molecule has 7 nitrogen and oxygen atoms in total. The van der Waals surface area contributed by atoms with Gasteiger partial charge in [-0.2, -0.15) is 43.2 Å². The molecule has 17 heteroatoms. The van der Waals surface area contributed by atoms with Gasteiger partial charge in [-0.25, -0.2) is 0 Å². The van der Waals surface area contributed by atoms with Crippen molar-refractivity contribution in [3.63, 3.8) is 0 Å². The summed E-state index contributed by atoms with van der Waals surface area (Å²) in [5.41, 5.74) is -11.5. The molecular formula is C26H15Cl2F6NO6S2. The second-order valence-electron chi connectivity index (χ2n) is 9.16. The Morgan fingerprint density at radius 1 is 0.581 bits per heavy atom. The lowest BCUT2D eigenvalue weighted by molar-refractivity contribution is -0.0504. The monoisotopic (exact) mass is 685 g/mol. The van der Waals surface area contributed by atoms with Crippen molar-refractivity contribution < 1.29 is 51.5 Å². The third-order valence-corrected chi connectivity index (χ3v) is 8.91. The SMILES string of the molecule is O=S(=O)(Oc1ccc2ccc(OS(=O)(=O)C(F)(F)F)c3c2c1C(c1ccc(Cl)cc1)N[C@H]3c1ccc(Cl)cc1)C(F)(F)F. The molecule has 2 atom stereocenters. The van der Waals surface area contributed by atoms with Gasteiger partial charge in [-0.05, 0) is 58.3 Å². The number of rotatable bonds is 6. The Morgan fingerprint density at radius 3 is 1.26 bits per heavy atom. The molecule has 0 amide bonds. The van der Waals surface area contributed by atoms with Crippen molar-refractivity contribution in [3.05, 3.63) is 105 Å². The summed E-state index contributed by atoms with van der Waals surface area (Å²) in [6, 6.07) is 13.7. The zero-order chi connectivity index (χ0) is 31.5. The molecule has 1 heterocycles. The van der Waals surface area contributed by atoms with E-state index in [1.165, 1.54) is 60.7 Å². The number of hydrogen-bond acceptors (Lipinski definition) is 7. The van der Waals surface area contributed by atoms with Crippen LogP contribution in [0.1, 0.15) is 34.3 Å². The molecule has 0 aromatic heterocycles. The molecule has 4 aromatic carbocycles. The number of hydrogen-bond donors (Lipinski definition) is 1. The minimum absolute atomic E-state index is 0.108. The number of alkyl halides is 6. The molecule has 0 spiro atoms. The van der Waals surface area contributed by atoms with Gasteiger partial charge in [0.05, 0.1) is 12.1 Å². The van der Waals surface area contributed by atoms with Crippen molar-refractivity contribution >= 4 is 54.2 Å². The van der Waals surface area contributed by atoms with Crippen LogP contribution in [0.5, 0.6) is 11.5 Å².